The van der Waals surface area contributed by atoms with E-state index in [4.69, 9.17) is 9.47 Å². The number of fused-ring (bicyclic) bond motifs is 5. The van der Waals surface area contributed by atoms with Crippen LogP contribution in [0.2, 0.25) is 0 Å². The first-order valence-electron chi connectivity index (χ1n) is 10.9. The molecule has 4 heterocycles. The maximum absolute atomic E-state index is 14.0. The number of carboxylic acid groups (broad SMARTS) is 1. The fourth-order valence-corrected chi connectivity index (χ4v) is 6.20. The molecule has 0 spiro atoms. The van der Waals surface area contributed by atoms with Crippen molar-refractivity contribution in [3.63, 3.8) is 0 Å². The summed E-state index contributed by atoms with van der Waals surface area (Å²) in [6.45, 7) is 6.27. The lowest BCUT2D eigenvalue weighted by Crippen LogP contribution is -2.28. The maximum Gasteiger partial charge on any atom is 0.316 e. The molecule has 3 aromatic heterocycles. The summed E-state index contributed by atoms with van der Waals surface area (Å²) < 4.78 is 14.7. The van der Waals surface area contributed by atoms with E-state index in [0.717, 1.165) is 22.2 Å². The highest BCUT2D eigenvalue weighted by Gasteiger charge is 2.30. The van der Waals surface area contributed by atoms with Gasteiger partial charge in [-0.2, -0.15) is 0 Å². The van der Waals surface area contributed by atoms with Gasteiger partial charge in [-0.25, -0.2) is 8.97 Å². The van der Waals surface area contributed by atoms with E-state index in [-0.39, 0.29) is 11.7 Å². The van der Waals surface area contributed by atoms with Gasteiger partial charge in [0.2, 0.25) is 5.78 Å². The van der Waals surface area contributed by atoms with E-state index in [1.165, 1.54) is 15.9 Å². The van der Waals surface area contributed by atoms with Crippen LogP contribution < -0.4 is 10.3 Å². The average molecular weight is 501 g/mol. The van der Waals surface area contributed by atoms with Crippen molar-refractivity contribution in [1.82, 2.24) is 19.2 Å². The van der Waals surface area contributed by atoms with Crippen molar-refractivity contribution >= 4 is 45.1 Å². The van der Waals surface area contributed by atoms with E-state index in [9.17, 15) is 14.7 Å². The van der Waals surface area contributed by atoms with Gasteiger partial charge in [0.1, 0.15) is 15.8 Å². The molecule has 178 valence electrons. The zero-order valence-corrected chi connectivity index (χ0v) is 20.8. The second kappa shape index (κ2) is 8.71. The minimum absolute atomic E-state index is 0.0247. The Labute approximate surface area is 203 Å². The summed E-state index contributed by atoms with van der Waals surface area (Å²) >= 11 is 2.58. The molecule has 1 N–H and O–H groups in total. The molecule has 1 aliphatic heterocycles. The van der Waals surface area contributed by atoms with E-state index in [1.807, 2.05) is 0 Å². The van der Waals surface area contributed by atoms with Gasteiger partial charge in [0.15, 0.2) is 5.16 Å². The largest absolute Gasteiger partial charge is 0.497 e. The maximum atomic E-state index is 14.0. The first-order chi connectivity index (χ1) is 16.3. The van der Waals surface area contributed by atoms with Gasteiger partial charge in [0.05, 0.1) is 30.9 Å². The molecule has 0 bridgehead atoms. The third-order valence-electron chi connectivity index (χ3n) is 6.05. The molecule has 9 nitrogen and oxygen atoms in total. The van der Waals surface area contributed by atoms with Crippen LogP contribution in [0.3, 0.4) is 0 Å². The number of hydrogen-bond donors (Lipinski definition) is 1. The highest BCUT2D eigenvalue weighted by atomic mass is 32.2. The van der Waals surface area contributed by atoms with Gasteiger partial charge in [-0.15, -0.1) is 21.5 Å². The Kier molecular flexibility index (Phi) is 5.86. The van der Waals surface area contributed by atoms with Gasteiger partial charge in [-0.3, -0.25) is 9.59 Å². The lowest BCUT2D eigenvalue weighted by molar-refractivity contribution is -0.136. The monoisotopic (exact) mass is 500 g/mol. The van der Waals surface area contributed by atoms with Gasteiger partial charge in [0.25, 0.3) is 5.56 Å². The summed E-state index contributed by atoms with van der Waals surface area (Å²) in [5.41, 5.74) is 1.44. The number of aromatic nitrogens is 4. The highest BCUT2D eigenvalue weighted by molar-refractivity contribution is 8.00. The molecule has 0 saturated heterocycles. The molecular weight excluding hydrogens is 476 g/mol. The van der Waals surface area contributed by atoms with Crippen LogP contribution in [0.1, 0.15) is 31.2 Å². The van der Waals surface area contributed by atoms with Crippen LogP contribution in [-0.2, 0) is 22.6 Å². The number of nitrogens with zero attached hydrogens (tertiary/aromatic N) is 4. The van der Waals surface area contributed by atoms with Crippen molar-refractivity contribution in [3.8, 4) is 11.4 Å². The second-order valence-electron chi connectivity index (χ2n) is 8.54. The summed E-state index contributed by atoms with van der Waals surface area (Å²) in [6.07, 6.45) is 0.670. The fraction of sp³-hybridized carbons (Fsp3) is 0.391. The topological polar surface area (TPSA) is 108 Å². The van der Waals surface area contributed by atoms with Gasteiger partial charge in [-0.05, 0) is 42.7 Å². The van der Waals surface area contributed by atoms with E-state index < -0.39 is 11.2 Å². The van der Waals surface area contributed by atoms with Crippen LogP contribution in [0.4, 0.5) is 0 Å². The average Bonchev–Trinajstić information content (AvgIpc) is 3.40. The summed E-state index contributed by atoms with van der Waals surface area (Å²) in [5.74, 6) is 0.377. The van der Waals surface area contributed by atoms with E-state index in [1.54, 1.807) is 42.7 Å². The number of carbonyl (C=O) groups is 1. The highest BCUT2D eigenvalue weighted by Crippen LogP contribution is 2.38. The Morgan fingerprint density at radius 2 is 2.00 bits per heavy atom. The molecule has 1 aromatic carbocycles. The number of aliphatic carboxylic acids is 1. The van der Waals surface area contributed by atoms with Crippen molar-refractivity contribution in [1.29, 1.82) is 0 Å². The summed E-state index contributed by atoms with van der Waals surface area (Å²) in [7, 11) is 1.59. The summed E-state index contributed by atoms with van der Waals surface area (Å²) in [6, 6.07) is 7.16. The number of hydrogen-bond acceptors (Lipinski definition) is 8. The Morgan fingerprint density at radius 1 is 1.26 bits per heavy atom. The number of thioether (sulfide) groups is 1. The smallest absolute Gasteiger partial charge is 0.316 e. The Balaban J connectivity index is 1.82. The Bertz CT molecular complexity index is 1450. The third kappa shape index (κ3) is 3.68. The zero-order valence-electron chi connectivity index (χ0n) is 19.1. The minimum Gasteiger partial charge on any atom is -0.497 e. The molecule has 0 unspecified atom stereocenters. The van der Waals surface area contributed by atoms with Crippen LogP contribution in [0.25, 0.3) is 21.7 Å². The number of carboxylic acids is 1. The van der Waals surface area contributed by atoms with Crippen molar-refractivity contribution in [2.24, 2.45) is 5.92 Å². The lowest BCUT2D eigenvalue weighted by atomic mass is 9.96. The predicted molar refractivity (Wildman–Crippen MR) is 131 cm³/mol. The summed E-state index contributed by atoms with van der Waals surface area (Å²) in [4.78, 5) is 27.2. The molecule has 11 heteroatoms. The fourth-order valence-electron chi connectivity index (χ4n) is 4.12. The van der Waals surface area contributed by atoms with Crippen molar-refractivity contribution in [2.45, 2.75) is 50.3 Å². The number of thiophene rings is 1. The molecule has 0 aliphatic carbocycles. The third-order valence-corrected chi connectivity index (χ3v) is 8.27. The quantitative estimate of drug-likeness (QED) is 0.399. The van der Waals surface area contributed by atoms with E-state index in [2.05, 4.69) is 24.0 Å². The van der Waals surface area contributed by atoms with E-state index >= 15 is 0 Å². The van der Waals surface area contributed by atoms with E-state index in [0.29, 0.717) is 51.5 Å². The van der Waals surface area contributed by atoms with Crippen molar-refractivity contribution in [3.05, 3.63) is 45.1 Å². The van der Waals surface area contributed by atoms with Crippen molar-refractivity contribution in [2.75, 3.05) is 7.11 Å². The van der Waals surface area contributed by atoms with Crippen LogP contribution in [-0.4, -0.2) is 48.7 Å². The molecule has 1 aliphatic rings. The molecule has 0 fully saturated rings. The van der Waals surface area contributed by atoms with Gasteiger partial charge in [-0.1, -0.05) is 25.6 Å². The standard InChI is InChI=1S/C23H24N4O5S2/c1-11(2)16-9-15-17(10-32-16)34-20-18(15)19(28)26(13-5-7-14(31-4)8-6-13)22-24-25-23(27(20)22)33-12(3)21(29)30/h5-8,11-12,16H,9-10H2,1-4H3,(H,29,30)/t12-,16+/m0/s1. The van der Waals surface area contributed by atoms with Gasteiger partial charge >= 0.3 is 5.97 Å². The Hall–Kier alpha value is -2.89. The molecule has 0 amide bonds. The first-order valence-corrected chi connectivity index (χ1v) is 12.6. The molecule has 4 aromatic rings. The van der Waals surface area contributed by atoms with Crippen LogP contribution in [0, 0.1) is 5.92 Å². The lowest BCUT2D eigenvalue weighted by Gasteiger charge is -2.26. The molecule has 0 radical (unpaired) electrons. The molecule has 5 rings (SSSR count). The van der Waals surface area contributed by atoms with Crippen LogP contribution in [0.5, 0.6) is 5.75 Å². The first kappa shape index (κ1) is 22.9. The summed E-state index contributed by atoms with van der Waals surface area (Å²) in [5, 5.41) is 18.4. The number of methoxy groups -OCH3 is 1. The predicted octanol–water partition coefficient (Wildman–Crippen LogP) is 3.77. The van der Waals surface area contributed by atoms with Gasteiger partial charge in [0, 0.05) is 11.3 Å². The number of rotatable bonds is 6. The SMILES string of the molecule is COc1ccc(-n2c(=O)c3c4c(sc3n3c(S[C@@H](C)C(=O)O)nnc23)CO[C@@H](C(C)C)C4)cc1. The van der Waals surface area contributed by atoms with Crippen molar-refractivity contribution < 1.29 is 19.4 Å². The molecule has 34 heavy (non-hydrogen) atoms. The van der Waals surface area contributed by atoms with Crippen LogP contribution in [0.15, 0.2) is 34.2 Å². The second-order valence-corrected chi connectivity index (χ2v) is 10.9. The molecule has 0 saturated carbocycles. The zero-order chi connectivity index (χ0) is 24.1. The molecule has 2 atom stereocenters. The normalized spacial score (nSPS) is 16.8. The van der Waals surface area contributed by atoms with Gasteiger partial charge < -0.3 is 14.6 Å². The van der Waals surface area contributed by atoms with Crippen LogP contribution >= 0.6 is 23.1 Å². The Morgan fingerprint density at radius 3 is 2.65 bits per heavy atom. The minimum atomic E-state index is -0.944. The number of ether oxygens (including phenoxy) is 2. The molecular formula is C23H24N4O5S2. The number of benzene rings is 1.